The van der Waals surface area contributed by atoms with Crippen molar-refractivity contribution < 1.29 is 4.74 Å². The lowest BCUT2D eigenvalue weighted by molar-refractivity contribution is 0.238. The zero-order valence-electron chi connectivity index (χ0n) is 23.4. The summed E-state index contributed by atoms with van der Waals surface area (Å²) in [5.74, 6) is 9.14. The topological polar surface area (TPSA) is 83.9 Å². The van der Waals surface area contributed by atoms with Gasteiger partial charge >= 0.3 is 0 Å². The maximum atomic E-state index is 5.95. The lowest BCUT2D eigenvalue weighted by Gasteiger charge is -2.15. The summed E-state index contributed by atoms with van der Waals surface area (Å²) < 4.78 is 8.24. The van der Waals surface area contributed by atoms with E-state index in [4.69, 9.17) is 14.7 Å². The van der Waals surface area contributed by atoms with E-state index in [9.17, 15) is 0 Å². The van der Waals surface area contributed by atoms with Crippen molar-refractivity contribution in [1.82, 2.24) is 29.4 Å². The average molecular weight is 534 g/mol. The molecule has 1 aliphatic rings. The van der Waals surface area contributed by atoms with Crippen molar-refractivity contribution in [1.29, 1.82) is 0 Å². The summed E-state index contributed by atoms with van der Waals surface area (Å²) >= 11 is 0. The van der Waals surface area contributed by atoms with Crippen LogP contribution in [0, 0.1) is 11.8 Å². The third-order valence-electron chi connectivity index (χ3n) is 7.33. The second kappa shape index (κ2) is 11.4. The van der Waals surface area contributed by atoms with Crippen LogP contribution in [0.1, 0.15) is 56.7 Å². The molecular weight excluding hydrogens is 498 g/mol. The van der Waals surface area contributed by atoms with Gasteiger partial charge in [-0.2, -0.15) is 4.98 Å². The molecule has 2 N–H and O–H groups in total. The van der Waals surface area contributed by atoms with Crippen molar-refractivity contribution in [2.24, 2.45) is 0 Å². The maximum absolute atomic E-state index is 5.95. The predicted octanol–water partition coefficient (Wildman–Crippen LogP) is 6.07. The van der Waals surface area contributed by atoms with Crippen molar-refractivity contribution in [2.45, 2.75) is 46.1 Å². The zero-order valence-corrected chi connectivity index (χ0v) is 23.4. The first-order valence-electron chi connectivity index (χ1n) is 14.2. The fraction of sp³-hybridized carbons (Fsp3) is 0.344. The number of likely N-dealkylation sites (tertiary alicyclic amines) is 1. The summed E-state index contributed by atoms with van der Waals surface area (Å²) in [6.07, 6.45) is 5.33. The summed E-state index contributed by atoms with van der Waals surface area (Å²) in [7, 11) is 0. The molecule has 6 rings (SSSR count). The van der Waals surface area contributed by atoms with Crippen molar-refractivity contribution >= 4 is 33.7 Å². The van der Waals surface area contributed by atoms with E-state index < -0.39 is 0 Å². The van der Waals surface area contributed by atoms with Gasteiger partial charge in [0.25, 0.3) is 0 Å². The van der Waals surface area contributed by atoms with Crippen molar-refractivity contribution in [3.8, 4) is 17.6 Å². The van der Waals surface area contributed by atoms with Gasteiger partial charge in [-0.1, -0.05) is 18.9 Å². The Bertz CT molecular complexity index is 1680. The Labute approximate surface area is 234 Å². The van der Waals surface area contributed by atoms with E-state index in [1.165, 1.54) is 25.9 Å². The number of aromatic amines is 1. The van der Waals surface area contributed by atoms with Gasteiger partial charge in [0.15, 0.2) is 0 Å². The first kappa shape index (κ1) is 25.9. The van der Waals surface area contributed by atoms with Gasteiger partial charge in [-0.3, -0.25) is 4.90 Å². The highest BCUT2D eigenvalue weighted by molar-refractivity contribution is 5.85. The Kier molecular flexibility index (Phi) is 7.39. The molecule has 0 spiro atoms. The highest BCUT2D eigenvalue weighted by Gasteiger charge is 2.15. The molecule has 40 heavy (non-hydrogen) atoms. The monoisotopic (exact) mass is 533 g/mol. The first-order chi connectivity index (χ1) is 19.6. The second-order valence-electron chi connectivity index (χ2n) is 10.5. The smallest absolute Gasteiger partial charge is 0.230 e. The van der Waals surface area contributed by atoms with E-state index in [1.54, 1.807) is 0 Å². The molecule has 3 aromatic heterocycles. The summed E-state index contributed by atoms with van der Waals surface area (Å²) in [4.78, 5) is 20.0. The van der Waals surface area contributed by atoms with E-state index >= 15 is 0 Å². The minimum Gasteiger partial charge on any atom is -0.492 e. The van der Waals surface area contributed by atoms with E-state index in [1.807, 2.05) is 42.6 Å². The molecule has 2 aromatic carbocycles. The van der Waals surface area contributed by atoms with Gasteiger partial charge in [0.1, 0.15) is 29.5 Å². The minimum absolute atomic E-state index is 0.288. The van der Waals surface area contributed by atoms with Crippen LogP contribution in [0.5, 0.6) is 5.75 Å². The molecule has 8 heteroatoms. The summed E-state index contributed by atoms with van der Waals surface area (Å²) in [6.45, 7) is 10.5. The Hall–Kier alpha value is -4.35. The summed E-state index contributed by atoms with van der Waals surface area (Å²) in [6, 6.07) is 16.3. The Morgan fingerprint density at radius 2 is 1.82 bits per heavy atom. The first-order valence-corrected chi connectivity index (χ1v) is 14.2. The third-order valence-corrected chi connectivity index (χ3v) is 7.33. The third kappa shape index (κ3) is 5.38. The number of aryl methyl sites for hydroxylation is 1. The number of ether oxygens (including phenoxy) is 1. The number of anilines is 2. The van der Waals surface area contributed by atoms with E-state index in [0.29, 0.717) is 18.2 Å². The predicted molar refractivity (Wildman–Crippen MR) is 160 cm³/mol. The zero-order chi connectivity index (χ0) is 27.5. The van der Waals surface area contributed by atoms with Crippen LogP contribution in [0.2, 0.25) is 0 Å². The average Bonchev–Trinajstić information content (AvgIpc) is 3.72. The molecule has 0 bridgehead atoms. The van der Waals surface area contributed by atoms with Crippen LogP contribution >= 0.6 is 0 Å². The molecule has 204 valence electrons. The Balaban J connectivity index is 1.24. The molecule has 0 atom stereocenters. The quantitative estimate of drug-likeness (QED) is 0.236. The van der Waals surface area contributed by atoms with Crippen LogP contribution in [-0.4, -0.2) is 55.6 Å². The van der Waals surface area contributed by atoms with Gasteiger partial charge in [-0.25, -0.2) is 9.97 Å². The molecule has 1 aliphatic heterocycles. The number of H-pyrrole nitrogens is 1. The molecule has 0 unspecified atom stereocenters. The molecule has 1 saturated heterocycles. The minimum atomic E-state index is 0.288. The fourth-order valence-corrected chi connectivity index (χ4v) is 5.38. The van der Waals surface area contributed by atoms with Gasteiger partial charge in [0.05, 0.1) is 22.0 Å². The van der Waals surface area contributed by atoms with Gasteiger partial charge in [-0.05, 0) is 88.2 Å². The molecule has 0 saturated carbocycles. The number of para-hydroxylation sites is 1. The molecular formula is C32H35N7O. The highest BCUT2D eigenvalue weighted by Crippen LogP contribution is 2.25. The fourth-order valence-electron chi connectivity index (χ4n) is 5.38. The lowest BCUT2D eigenvalue weighted by Crippen LogP contribution is -2.25. The number of hydrogen-bond donors (Lipinski definition) is 2. The van der Waals surface area contributed by atoms with Crippen molar-refractivity contribution in [3.63, 3.8) is 0 Å². The highest BCUT2D eigenvalue weighted by atomic mass is 16.5. The van der Waals surface area contributed by atoms with E-state index in [2.05, 4.69) is 69.5 Å². The van der Waals surface area contributed by atoms with E-state index in [-0.39, 0.29) is 6.04 Å². The number of imidazole rings is 1. The molecule has 0 amide bonds. The SMILES string of the molecule is CCc1nc2cccc(C#Cc3nc(Nc4ccc(OCCN5CCCC5)cc4)nc4[nH]ccc34)c2n1C(C)C. The maximum Gasteiger partial charge on any atom is 0.230 e. The van der Waals surface area contributed by atoms with E-state index in [0.717, 1.165) is 57.9 Å². The lowest BCUT2D eigenvalue weighted by atomic mass is 10.1. The number of fused-ring (bicyclic) bond motifs is 2. The van der Waals surface area contributed by atoms with Crippen molar-refractivity contribution in [3.05, 3.63) is 71.8 Å². The number of aromatic nitrogens is 5. The van der Waals surface area contributed by atoms with Gasteiger partial charge in [-0.15, -0.1) is 0 Å². The van der Waals surface area contributed by atoms with Crippen LogP contribution in [0.15, 0.2) is 54.7 Å². The molecule has 5 aromatic rings. The van der Waals surface area contributed by atoms with Crippen LogP contribution in [-0.2, 0) is 6.42 Å². The number of benzene rings is 2. The Morgan fingerprint density at radius 3 is 2.60 bits per heavy atom. The number of hydrogen-bond acceptors (Lipinski definition) is 6. The van der Waals surface area contributed by atoms with Crippen LogP contribution in [0.25, 0.3) is 22.1 Å². The molecule has 8 nitrogen and oxygen atoms in total. The molecule has 1 fully saturated rings. The van der Waals surface area contributed by atoms with Gasteiger partial charge in [0, 0.05) is 30.9 Å². The summed E-state index contributed by atoms with van der Waals surface area (Å²) in [5, 5.41) is 4.22. The summed E-state index contributed by atoms with van der Waals surface area (Å²) in [5.41, 5.74) is 5.27. The van der Waals surface area contributed by atoms with Crippen LogP contribution < -0.4 is 10.1 Å². The van der Waals surface area contributed by atoms with Gasteiger partial charge in [0.2, 0.25) is 5.95 Å². The van der Waals surface area contributed by atoms with Crippen molar-refractivity contribution in [2.75, 3.05) is 31.6 Å². The number of nitrogens with zero attached hydrogens (tertiary/aromatic N) is 5. The largest absolute Gasteiger partial charge is 0.492 e. The van der Waals surface area contributed by atoms with Gasteiger partial charge < -0.3 is 19.6 Å². The van der Waals surface area contributed by atoms with Crippen LogP contribution in [0.3, 0.4) is 0 Å². The second-order valence-corrected chi connectivity index (χ2v) is 10.5. The normalized spacial score (nSPS) is 13.7. The number of rotatable bonds is 8. The number of nitrogens with one attached hydrogen (secondary N) is 2. The molecule has 0 radical (unpaired) electrons. The van der Waals surface area contributed by atoms with Crippen LogP contribution in [0.4, 0.5) is 11.6 Å². The molecule has 0 aliphatic carbocycles. The standard InChI is InChI=1S/C32H35N7O/c1-4-29-35-28-9-7-8-23(30(28)39(29)22(2)3)10-15-27-26-16-17-33-31(26)37-32(36-27)34-24-11-13-25(14-12-24)40-21-20-38-18-5-6-19-38/h7-9,11-14,16-17,22H,4-6,18-21H2,1-3H3,(H2,33,34,36,37). The Morgan fingerprint density at radius 1 is 1.00 bits per heavy atom. The molecule has 4 heterocycles.